The normalized spacial score (nSPS) is 11.0. The van der Waals surface area contributed by atoms with Gasteiger partial charge in [0.1, 0.15) is 0 Å². The summed E-state index contributed by atoms with van der Waals surface area (Å²) in [7, 11) is 0. The number of para-hydroxylation sites is 1. The Kier molecular flexibility index (Phi) is 6.05. The number of carbonyl (C=O) groups excluding carboxylic acids is 1. The van der Waals surface area contributed by atoms with Crippen molar-refractivity contribution in [3.8, 4) is 11.3 Å². The van der Waals surface area contributed by atoms with Gasteiger partial charge in [-0.3, -0.25) is 9.78 Å². The fraction of sp³-hybridized carbons (Fsp3) is 0.364. The van der Waals surface area contributed by atoms with Gasteiger partial charge in [-0.25, -0.2) is 0 Å². The van der Waals surface area contributed by atoms with E-state index >= 15 is 0 Å². The maximum Gasteiger partial charge on any atom is 0.305 e. The number of rotatable bonds is 8. The van der Waals surface area contributed by atoms with Crippen molar-refractivity contribution in [2.75, 3.05) is 6.61 Å². The predicted octanol–water partition coefficient (Wildman–Crippen LogP) is 5.14. The van der Waals surface area contributed by atoms with Gasteiger partial charge in [-0.2, -0.15) is 0 Å². The van der Waals surface area contributed by atoms with Crippen LogP contribution < -0.4 is 0 Å². The van der Waals surface area contributed by atoms with Gasteiger partial charge >= 0.3 is 5.97 Å². The number of ether oxygens (including phenoxy) is 1. The number of hydrogen-bond donors (Lipinski definition) is 0. The van der Waals surface area contributed by atoms with Crippen LogP contribution in [0.3, 0.4) is 0 Å². The second-order valence-electron chi connectivity index (χ2n) is 6.50. The predicted molar refractivity (Wildman–Crippen MR) is 105 cm³/mol. The number of aryl methyl sites for hydroxylation is 2. The molecule has 0 atom stereocenters. The summed E-state index contributed by atoms with van der Waals surface area (Å²) >= 11 is 0. The second kappa shape index (κ2) is 8.65. The summed E-state index contributed by atoms with van der Waals surface area (Å²) in [6.45, 7) is 5.42. The Morgan fingerprint density at radius 3 is 2.73 bits per heavy atom. The van der Waals surface area contributed by atoms with Crippen LogP contribution in [-0.2, 0) is 16.1 Å². The number of unbranched alkanes of at least 4 members (excludes halogenated alkanes) is 2. The van der Waals surface area contributed by atoms with E-state index in [0.717, 1.165) is 31.4 Å². The topological polar surface area (TPSA) is 44.1 Å². The third kappa shape index (κ3) is 3.96. The molecule has 2 aromatic heterocycles. The molecule has 2 heterocycles. The lowest BCUT2D eigenvalue weighted by molar-refractivity contribution is -0.143. The molecule has 26 heavy (non-hydrogen) atoms. The van der Waals surface area contributed by atoms with E-state index in [-0.39, 0.29) is 5.97 Å². The minimum Gasteiger partial charge on any atom is -0.466 e. The highest BCUT2D eigenvalue weighted by Gasteiger charge is 2.15. The van der Waals surface area contributed by atoms with E-state index < -0.39 is 0 Å². The minimum absolute atomic E-state index is 0.0918. The number of carbonyl (C=O) groups is 1. The minimum atomic E-state index is -0.0918. The quantitative estimate of drug-likeness (QED) is 0.417. The molecule has 0 fully saturated rings. The van der Waals surface area contributed by atoms with Crippen LogP contribution in [-0.4, -0.2) is 22.1 Å². The molecule has 3 aromatic rings. The number of esters is 1. The first-order valence-corrected chi connectivity index (χ1v) is 9.36. The Hall–Kier alpha value is -2.62. The van der Waals surface area contributed by atoms with Crippen molar-refractivity contribution in [2.24, 2.45) is 0 Å². The lowest BCUT2D eigenvalue weighted by atomic mass is 10.1. The van der Waals surface area contributed by atoms with Crippen LogP contribution in [0.25, 0.3) is 22.2 Å². The molecule has 0 N–H and O–H groups in total. The van der Waals surface area contributed by atoms with E-state index in [4.69, 9.17) is 4.74 Å². The molecular weight excluding hydrogens is 324 g/mol. The first-order chi connectivity index (χ1) is 12.7. The monoisotopic (exact) mass is 350 g/mol. The summed E-state index contributed by atoms with van der Waals surface area (Å²) in [5.74, 6) is -0.0918. The van der Waals surface area contributed by atoms with Gasteiger partial charge in [0.05, 0.1) is 12.3 Å². The Morgan fingerprint density at radius 1 is 1.12 bits per heavy atom. The fourth-order valence-electron chi connectivity index (χ4n) is 3.53. The zero-order valence-electron chi connectivity index (χ0n) is 15.6. The molecule has 136 valence electrons. The van der Waals surface area contributed by atoms with Gasteiger partial charge in [-0.1, -0.05) is 24.6 Å². The zero-order chi connectivity index (χ0) is 18.4. The average Bonchev–Trinajstić information content (AvgIpc) is 2.95. The van der Waals surface area contributed by atoms with E-state index in [1.165, 1.54) is 22.2 Å². The molecule has 0 saturated heterocycles. The summed E-state index contributed by atoms with van der Waals surface area (Å²) in [6, 6.07) is 12.6. The molecule has 0 aliphatic heterocycles. The van der Waals surface area contributed by atoms with Crippen LogP contribution in [0.2, 0.25) is 0 Å². The second-order valence-corrected chi connectivity index (χ2v) is 6.50. The number of fused-ring (bicyclic) bond motifs is 1. The molecule has 0 spiro atoms. The van der Waals surface area contributed by atoms with Crippen molar-refractivity contribution in [1.29, 1.82) is 0 Å². The molecule has 4 heteroatoms. The smallest absolute Gasteiger partial charge is 0.305 e. The Morgan fingerprint density at radius 2 is 1.96 bits per heavy atom. The summed E-state index contributed by atoms with van der Waals surface area (Å²) in [4.78, 5) is 15.8. The Bertz CT molecular complexity index is 868. The summed E-state index contributed by atoms with van der Waals surface area (Å²) in [5.41, 5.74) is 4.94. The molecule has 0 aliphatic rings. The van der Waals surface area contributed by atoms with E-state index in [1.807, 2.05) is 19.2 Å². The van der Waals surface area contributed by atoms with Crippen LogP contribution in [0.4, 0.5) is 0 Å². The van der Waals surface area contributed by atoms with Crippen molar-refractivity contribution in [3.63, 3.8) is 0 Å². The molecule has 0 radical (unpaired) electrons. The highest BCUT2D eigenvalue weighted by atomic mass is 16.5. The summed E-state index contributed by atoms with van der Waals surface area (Å²) in [6.07, 6.45) is 7.16. The molecule has 1 aromatic carbocycles. The van der Waals surface area contributed by atoms with E-state index in [0.29, 0.717) is 13.0 Å². The largest absolute Gasteiger partial charge is 0.466 e. The highest BCUT2D eigenvalue weighted by molar-refractivity contribution is 5.91. The number of pyridine rings is 1. The molecule has 0 bridgehead atoms. The lowest BCUT2D eigenvalue weighted by Crippen LogP contribution is -2.04. The van der Waals surface area contributed by atoms with Gasteiger partial charge in [0, 0.05) is 41.8 Å². The third-order valence-corrected chi connectivity index (χ3v) is 4.73. The zero-order valence-corrected chi connectivity index (χ0v) is 15.6. The number of benzene rings is 1. The van der Waals surface area contributed by atoms with E-state index in [2.05, 4.69) is 46.8 Å². The fourth-order valence-corrected chi connectivity index (χ4v) is 3.53. The van der Waals surface area contributed by atoms with Crippen LogP contribution in [0.1, 0.15) is 38.2 Å². The van der Waals surface area contributed by atoms with Gasteiger partial charge in [0.2, 0.25) is 0 Å². The first kappa shape index (κ1) is 18.2. The molecule has 0 aliphatic carbocycles. The van der Waals surface area contributed by atoms with Gasteiger partial charge in [-0.05, 0) is 50.5 Å². The summed E-state index contributed by atoms with van der Waals surface area (Å²) in [5, 5.41) is 1.29. The molecule has 0 unspecified atom stereocenters. The average molecular weight is 350 g/mol. The van der Waals surface area contributed by atoms with Gasteiger partial charge < -0.3 is 9.30 Å². The van der Waals surface area contributed by atoms with Gasteiger partial charge in [0.25, 0.3) is 0 Å². The van der Waals surface area contributed by atoms with Gasteiger partial charge in [0.15, 0.2) is 0 Å². The van der Waals surface area contributed by atoms with Crippen molar-refractivity contribution in [3.05, 3.63) is 54.4 Å². The molecule has 3 rings (SSSR count). The Labute approximate surface area is 154 Å². The standard InChI is InChI=1S/C22H26N2O2/c1-3-26-21(25)13-5-4-8-15-24-20-12-7-6-11-19(20)17(2)22(24)18-10-9-14-23-16-18/h6-7,9-12,14,16H,3-5,8,13,15H2,1-2H3. The third-order valence-electron chi connectivity index (χ3n) is 4.73. The number of nitrogens with zero attached hydrogens (tertiary/aromatic N) is 2. The number of aromatic nitrogens is 2. The Balaban J connectivity index is 1.78. The van der Waals surface area contributed by atoms with Crippen LogP contribution in [0.5, 0.6) is 0 Å². The summed E-state index contributed by atoms with van der Waals surface area (Å²) < 4.78 is 7.39. The maximum atomic E-state index is 11.5. The SMILES string of the molecule is CCOC(=O)CCCCCn1c(-c2cccnc2)c(C)c2ccccc21. The van der Waals surface area contributed by atoms with Crippen molar-refractivity contribution < 1.29 is 9.53 Å². The van der Waals surface area contributed by atoms with E-state index in [9.17, 15) is 4.79 Å². The van der Waals surface area contributed by atoms with Crippen LogP contribution >= 0.6 is 0 Å². The molecule has 0 amide bonds. The van der Waals surface area contributed by atoms with E-state index in [1.54, 1.807) is 6.20 Å². The van der Waals surface area contributed by atoms with Crippen LogP contribution in [0, 0.1) is 6.92 Å². The number of hydrogen-bond acceptors (Lipinski definition) is 3. The van der Waals surface area contributed by atoms with Crippen molar-refractivity contribution >= 4 is 16.9 Å². The first-order valence-electron chi connectivity index (χ1n) is 9.36. The molecular formula is C22H26N2O2. The van der Waals surface area contributed by atoms with Crippen molar-refractivity contribution in [2.45, 2.75) is 46.1 Å². The van der Waals surface area contributed by atoms with Crippen LogP contribution in [0.15, 0.2) is 48.8 Å². The lowest BCUT2D eigenvalue weighted by Gasteiger charge is -2.12. The van der Waals surface area contributed by atoms with Crippen molar-refractivity contribution in [1.82, 2.24) is 9.55 Å². The van der Waals surface area contributed by atoms with Gasteiger partial charge in [-0.15, -0.1) is 0 Å². The maximum absolute atomic E-state index is 11.5. The molecule has 0 saturated carbocycles. The highest BCUT2D eigenvalue weighted by Crippen LogP contribution is 2.33. The molecule has 4 nitrogen and oxygen atoms in total.